The first-order valence-electron chi connectivity index (χ1n) is 5.31. The van der Waals surface area contributed by atoms with E-state index >= 15 is 0 Å². The van der Waals surface area contributed by atoms with Gasteiger partial charge in [-0.15, -0.1) is 11.3 Å². The van der Waals surface area contributed by atoms with Crippen LogP contribution in [0.4, 0.5) is 0 Å². The lowest BCUT2D eigenvalue weighted by molar-refractivity contribution is 0.932. The van der Waals surface area contributed by atoms with Crippen molar-refractivity contribution in [3.63, 3.8) is 0 Å². The van der Waals surface area contributed by atoms with E-state index in [0.717, 1.165) is 29.2 Å². The smallest absolute Gasteiger partial charge is 0.133 e. The molecular weight excluding hydrogens is 254 g/mol. The third-order valence-corrected chi connectivity index (χ3v) is 3.83. The zero-order valence-electron chi connectivity index (χ0n) is 8.85. The lowest BCUT2D eigenvalue weighted by Gasteiger charge is -2.01. The van der Waals surface area contributed by atoms with Crippen LogP contribution < -0.4 is 0 Å². The molecule has 0 bridgehead atoms. The van der Waals surface area contributed by atoms with Gasteiger partial charge in [-0.05, 0) is 25.0 Å². The number of halogens is 1. The molecule has 84 valence electrons. The molecule has 1 saturated carbocycles. The maximum Gasteiger partial charge on any atom is 0.133 e. The first kappa shape index (κ1) is 10.7. The number of nitriles is 1. The summed E-state index contributed by atoms with van der Waals surface area (Å²) >= 11 is 7.43. The van der Waals surface area contributed by atoms with Gasteiger partial charge < -0.3 is 0 Å². The van der Waals surface area contributed by atoms with E-state index in [4.69, 9.17) is 16.9 Å². The topological polar surface area (TPSA) is 49.6 Å². The summed E-state index contributed by atoms with van der Waals surface area (Å²) in [5.41, 5.74) is 0.818. The van der Waals surface area contributed by atoms with E-state index in [1.807, 2.05) is 6.07 Å². The molecule has 0 aromatic carbocycles. The van der Waals surface area contributed by atoms with Crippen molar-refractivity contribution in [3.8, 4) is 16.6 Å². The van der Waals surface area contributed by atoms with Crippen LogP contribution in [0.3, 0.4) is 0 Å². The molecule has 1 aliphatic rings. The van der Waals surface area contributed by atoms with Crippen LogP contribution in [-0.2, 0) is 0 Å². The van der Waals surface area contributed by atoms with Crippen LogP contribution in [0, 0.1) is 11.3 Å². The Kier molecular flexibility index (Phi) is 2.58. The Morgan fingerprint density at radius 2 is 2.18 bits per heavy atom. The number of rotatable bonds is 2. The summed E-state index contributed by atoms with van der Waals surface area (Å²) in [4.78, 5) is 10.4. The second-order valence-corrected chi connectivity index (χ2v) is 5.46. The van der Waals surface area contributed by atoms with Gasteiger partial charge in [-0.1, -0.05) is 11.6 Å². The molecule has 3 rings (SSSR count). The summed E-state index contributed by atoms with van der Waals surface area (Å²) < 4.78 is 0. The highest BCUT2D eigenvalue weighted by Crippen LogP contribution is 2.39. The zero-order valence-corrected chi connectivity index (χ0v) is 10.4. The van der Waals surface area contributed by atoms with Crippen molar-refractivity contribution in [1.29, 1.82) is 5.26 Å². The molecule has 0 saturated heterocycles. The van der Waals surface area contributed by atoms with Crippen molar-refractivity contribution in [3.05, 3.63) is 34.1 Å². The van der Waals surface area contributed by atoms with Gasteiger partial charge in [0, 0.05) is 12.0 Å². The van der Waals surface area contributed by atoms with Crippen LogP contribution in [0.5, 0.6) is 0 Å². The van der Waals surface area contributed by atoms with E-state index in [0.29, 0.717) is 15.9 Å². The van der Waals surface area contributed by atoms with Gasteiger partial charge in [0.1, 0.15) is 21.9 Å². The molecule has 1 aliphatic carbocycles. The number of nitrogens with zero attached hydrogens (tertiary/aromatic N) is 3. The van der Waals surface area contributed by atoms with Crippen molar-refractivity contribution in [2.75, 3.05) is 0 Å². The molecular formula is C12H8ClN3S. The molecule has 3 nitrogen and oxygen atoms in total. The lowest BCUT2D eigenvalue weighted by atomic mass is 10.3. The third-order valence-electron chi connectivity index (χ3n) is 2.62. The normalized spacial score (nSPS) is 14.6. The van der Waals surface area contributed by atoms with Crippen LogP contribution in [0.1, 0.15) is 29.5 Å². The largest absolute Gasteiger partial charge is 0.232 e. The van der Waals surface area contributed by atoms with Crippen molar-refractivity contribution in [2.45, 2.75) is 18.8 Å². The first-order valence-corrected chi connectivity index (χ1v) is 6.50. The number of aromatic nitrogens is 2. The Morgan fingerprint density at radius 1 is 1.35 bits per heavy atom. The van der Waals surface area contributed by atoms with E-state index in [1.54, 1.807) is 12.1 Å². The van der Waals surface area contributed by atoms with E-state index in [1.165, 1.54) is 11.3 Å². The molecule has 5 heteroatoms. The fourth-order valence-corrected chi connectivity index (χ4v) is 2.57. The van der Waals surface area contributed by atoms with Crippen LogP contribution in [0.2, 0.25) is 5.15 Å². The minimum Gasteiger partial charge on any atom is -0.232 e. The van der Waals surface area contributed by atoms with Gasteiger partial charge >= 0.3 is 0 Å². The summed E-state index contributed by atoms with van der Waals surface area (Å²) in [7, 11) is 0. The average Bonchev–Trinajstić information content (AvgIpc) is 3.06. The lowest BCUT2D eigenvalue weighted by Crippen LogP contribution is -1.94. The Balaban J connectivity index is 2.04. The van der Waals surface area contributed by atoms with Gasteiger partial charge in [0.25, 0.3) is 0 Å². The third kappa shape index (κ3) is 2.17. The maximum atomic E-state index is 8.81. The second-order valence-electron chi connectivity index (χ2n) is 3.98. The summed E-state index contributed by atoms with van der Waals surface area (Å²) in [5, 5.41) is 9.28. The van der Waals surface area contributed by atoms with E-state index < -0.39 is 0 Å². The predicted octanol–water partition coefficient (Wildman–Crippen LogP) is 3.61. The fourth-order valence-electron chi connectivity index (χ4n) is 1.62. The Morgan fingerprint density at radius 3 is 2.82 bits per heavy atom. The summed E-state index contributed by atoms with van der Waals surface area (Å²) in [5.74, 6) is 1.31. The fraction of sp³-hybridized carbons (Fsp3) is 0.250. The van der Waals surface area contributed by atoms with Gasteiger partial charge in [-0.3, -0.25) is 0 Å². The predicted molar refractivity (Wildman–Crippen MR) is 67.0 cm³/mol. The SMILES string of the molecule is N#Cc1ccc(-c2cc(Cl)nc(C3CC3)n2)s1. The summed E-state index contributed by atoms with van der Waals surface area (Å²) in [6, 6.07) is 7.57. The van der Waals surface area contributed by atoms with E-state index in [9.17, 15) is 0 Å². The maximum absolute atomic E-state index is 8.81. The molecule has 2 heterocycles. The molecule has 0 radical (unpaired) electrons. The number of hydrogen-bond acceptors (Lipinski definition) is 4. The van der Waals surface area contributed by atoms with Crippen molar-refractivity contribution in [1.82, 2.24) is 9.97 Å². The van der Waals surface area contributed by atoms with Crippen LogP contribution >= 0.6 is 22.9 Å². The standard InChI is InChI=1S/C12H8ClN3S/c13-11-5-9(10-4-3-8(6-14)17-10)15-12(16-11)7-1-2-7/h3-5,7H,1-2H2. The van der Waals surface area contributed by atoms with Crippen LogP contribution in [-0.4, -0.2) is 9.97 Å². The highest BCUT2D eigenvalue weighted by atomic mass is 35.5. The van der Waals surface area contributed by atoms with E-state index in [-0.39, 0.29) is 0 Å². The first-order chi connectivity index (χ1) is 8.26. The molecule has 0 spiro atoms. The average molecular weight is 262 g/mol. The monoisotopic (exact) mass is 261 g/mol. The van der Waals surface area contributed by atoms with Gasteiger partial charge in [-0.2, -0.15) is 5.26 Å². The Hall–Kier alpha value is -1.44. The Labute approximate surface area is 108 Å². The highest BCUT2D eigenvalue weighted by molar-refractivity contribution is 7.15. The highest BCUT2D eigenvalue weighted by Gasteiger charge is 2.27. The molecule has 0 unspecified atom stereocenters. The minimum atomic E-state index is 0.475. The number of hydrogen-bond donors (Lipinski definition) is 0. The molecule has 0 aliphatic heterocycles. The van der Waals surface area contributed by atoms with E-state index in [2.05, 4.69) is 16.0 Å². The second kappa shape index (κ2) is 4.10. The van der Waals surface area contributed by atoms with Crippen LogP contribution in [0.25, 0.3) is 10.6 Å². The molecule has 0 amide bonds. The van der Waals surface area contributed by atoms with Gasteiger partial charge in [0.2, 0.25) is 0 Å². The molecule has 17 heavy (non-hydrogen) atoms. The molecule has 0 N–H and O–H groups in total. The molecule has 0 atom stereocenters. The Bertz CT molecular complexity index is 610. The van der Waals surface area contributed by atoms with Crippen molar-refractivity contribution in [2.24, 2.45) is 0 Å². The molecule has 2 aromatic heterocycles. The summed E-state index contributed by atoms with van der Waals surface area (Å²) in [6.45, 7) is 0. The van der Waals surface area contributed by atoms with Gasteiger partial charge in [0.15, 0.2) is 0 Å². The minimum absolute atomic E-state index is 0.475. The quantitative estimate of drug-likeness (QED) is 0.776. The van der Waals surface area contributed by atoms with Crippen molar-refractivity contribution >= 4 is 22.9 Å². The zero-order chi connectivity index (χ0) is 11.8. The van der Waals surface area contributed by atoms with Gasteiger partial charge in [-0.25, -0.2) is 9.97 Å². The van der Waals surface area contributed by atoms with Crippen LogP contribution in [0.15, 0.2) is 18.2 Å². The molecule has 1 fully saturated rings. The summed E-state index contributed by atoms with van der Waals surface area (Å²) in [6.07, 6.45) is 2.29. The number of thiophene rings is 1. The van der Waals surface area contributed by atoms with Crippen molar-refractivity contribution < 1.29 is 0 Å². The van der Waals surface area contributed by atoms with Gasteiger partial charge in [0.05, 0.1) is 10.6 Å². The molecule has 2 aromatic rings.